The lowest BCUT2D eigenvalue weighted by Gasteiger charge is -2.35. The summed E-state index contributed by atoms with van der Waals surface area (Å²) in [5, 5.41) is 0. The Labute approximate surface area is 487 Å². The zero-order chi connectivity index (χ0) is 61.9. The van der Waals surface area contributed by atoms with E-state index in [1.54, 1.807) is 0 Å². The Kier molecular flexibility index (Phi) is 68.5. The number of allylic oxidation sites excluding steroid dienone is 1. The van der Waals surface area contributed by atoms with Gasteiger partial charge in [-0.25, -0.2) is 0 Å². The van der Waals surface area contributed by atoms with Crippen molar-refractivity contribution in [1.82, 2.24) is 0 Å². The Bertz CT molecular complexity index is 1440. The molecule has 0 heterocycles. The van der Waals surface area contributed by atoms with E-state index in [1.165, 1.54) is 87.7 Å². The first-order chi connectivity index (χ1) is 38.6. The number of hydrogen-bond acceptors (Lipinski definition) is 15. The Balaban J connectivity index is -0.000000221. The van der Waals surface area contributed by atoms with Crippen molar-refractivity contribution in [3.05, 3.63) is 192 Å². The number of rotatable bonds is 52. The van der Waals surface area contributed by atoms with E-state index in [1.807, 2.05) is 19.9 Å². The van der Waals surface area contributed by atoms with E-state index in [9.17, 15) is 0 Å². The van der Waals surface area contributed by atoms with Crippen LogP contribution in [0.3, 0.4) is 0 Å². The number of hydrogen-bond donors (Lipinski definition) is 0. The van der Waals surface area contributed by atoms with Gasteiger partial charge in [-0.15, -0.1) is 6.58 Å². The Morgan fingerprint density at radius 3 is 0.938 bits per heavy atom. The van der Waals surface area contributed by atoms with Gasteiger partial charge in [0, 0.05) is 11.3 Å². The molecule has 0 N–H and O–H groups in total. The van der Waals surface area contributed by atoms with Gasteiger partial charge in [0.15, 0.2) is 0 Å². The van der Waals surface area contributed by atoms with Crippen molar-refractivity contribution in [3.63, 3.8) is 0 Å². The molecule has 0 aromatic carbocycles. The Hall–Kier alpha value is -6.74. The molecule has 15 heteroatoms. The van der Waals surface area contributed by atoms with E-state index in [-0.39, 0.29) is 22.3 Å². The molecule has 462 valence electrons. The van der Waals surface area contributed by atoms with Crippen molar-refractivity contribution < 1.29 is 71.1 Å². The molecule has 80 heavy (non-hydrogen) atoms. The van der Waals surface area contributed by atoms with E-state index < -0.39 is 5.41 Å². The monoisotopic (exact) mass is 1130 g/mol. The fourth-order valence-electron chi connectivity index (χ4n) is 5.82. The van der Waals surface area contributed by atoms with Crippen LogP contribution in [0.2, 0.25) is 0 Å². The van der Waals surface area contributed by atoms with Crippen LogP contribution >= 0.6 is 0 Å². The molecule has 0 amide bonds. The highest BCUT2D eigenvalue weighted by Crippen LogP contribution is 2.29. The van der Waals surface area contributed by atoms with E-state index in [0.717, 1.165) is 58.2 Å². The van der Waals surface area contributed by atoms with Crippen LogP contribution in [0.15, 0.2) is 192 Å². The molecule has 0 saturated heterocycles. The molecule has 0 aromatic heterocycles. The van der Waals surface area contributed by atoms with Crippen molar-refractivity contribution in [3.8, 4) is 0 Å². The molecule has 0 radical (unpaired) electrons. The van der Waals surface area contributed by atoms with Gasteiger partial charge in [0.2, 0.25) is 0 Å². The van der Waals surface area contributed by atoms with Crippen LogP contribution in [-0.2, 0) is 71.1 Å². The molecule has 2 unspecified atom stereocenters. The largest absolute Gasteiger partial charge is 0.502 e. The van der Waals surface area contributed by atoms with Crippen LogP contribution in [0.1, 0.15) is 93.4 Å². The Morgan fingerprint density at radius 2 is 0.662 bits per heavy atom. The van der Waals surface area contributed by atoms with Crippen molar-refractivity contribution >= 4 is 0 Å². The Morgan fingerprint density at radius 1 is 0.350 bits per heavy atom. The van der Waals surface area contributed by atoms with Crippen LogP contribution in [0.5, 0.6) is 0 Å². The highest BCUT2D eigenvalue weighted by atomic mass is 16.5. The smallest absolute Gasteiger partial charge is 0.131 e. The fourth-order valence-corrected chi connectivity index (χ4v) is 5.82. The van der Waals surface area contributed by atoms with Gasteiger partial charge < -0.3 is 71.1 Å². The fraction of sp³-hybridized carbons (Fsp3) is 0.538. The summed E-state index contributed by atoms with van der Waals surface area (Å²) >= 11 is 0. The van der Waals surface area contributed by atoms with Crippen molar-refractivity contribution in [2.75, 3.05) is 99.1 Å². The average molecular weight is 1130 g/mol. The molecule has 0 bridgehead atoms. The minimum absolute atomic E-state index is 0.107. The predicted octanol–water partition coefficient (Wildman–Crippen LogP) is 16.2. The lowest BCUT2D eigenvalue weighted by atomic mass is 9.84. The third-order valence-electron chi connectivity index (χ3n) is 11.3. The topological polar surface area (TPSA) is 138 Å². The van der Waals surface area contributed by atoms with Crippen molar-refractivity contribution in [2.24, 2.45) is 27.6 Å². The van der Waals surface area contributed by atoms with E-state index in [2.05, 4.69) is 133 Å². The summed E-state index contributed by atoms with van der Waals surface area (Å²) in [5.74, 6) is 0.385. The summed E-state index contributed by atoms with van der Waals surface area (Å²) in [6.45, 7) is 75.0. The zero-order valence-corrected chi connectivity index (χ0v) is 51.1. The summed E-state index contributed by atoms with van der Waals surface area (Å²) in [5.41, 5.74) is -0.806. The van der Waals surface area contributed by atoms with Gasteiger partial charge in [-0.2, -0.15) is 0 Å². The van der Waals surface area contributed by atoms with Gasteiger partial charge in [0.25, 0.3) is 0 Å². The van der Waals surface area contributed by atoms with Gasteiger partial charge in [-0.3, -0.25) is 0 Å². The predicted molar refractivity (Wildman–Crippen MR) is 331 cm³/mol. The minimum Gasteiger partial charge on any atom is -0.502 e. The summed E-state index contributed by atoms with van der Waals surface area (Å²) in [4.78, 5) is 0. The van der Waals surface area contributed by atoms with Gasteiger partial charge in [0.1, 0.15) is 32.5 Å². The molecular weight excluding hydrogens is 1020 g/mol. The lowest BCUT2D eigenvalue weighted by Crippen LogP contribution is -2.43. The summed E-state index contributed by atoms with van der Waals surface area (Å²) in [6.07, 6.45) is 29.0. The average Bonchev–Trinajstić information content (AvgIpc) is 3.49. The molecule has 2 atom stereocenters. The highest BCUT2D eigenvalue weighted by Gasteiger charge is 2.37. The summed E-state index contributed by atoms with van der Waals surface area (Å²) < 4.78 is 78.7. The molecule has 0 rings (SSSR count). The molecule has 0 spiro atoms. The first-order valence-corrected chi connectivity index (χ1v) is 26.9. The first-order valence-electron chi connectivity index (χ1n) is 26.9. The third kappa shape index (κ3) is 54.6. The maximum absolute atomic E-state index is 6.07. The standard InChI is InChI=1S/C21H34O6.C12H20O3.C11H20O.2C8H14O2.C5H10O/c1-7-20(13-22-8-2,14-23-9-3)15-27-19-21(16-24-10-4,17-25-11-5)18-26-12-6;1-5-12(9-13-6-2,10-14-7-3)11-15-8-4;1-5-8-9-11(4,6-2)10-12-7-3;1-4-9-6-8(3)7-10-5-2;1-4-8(10-6-3)7-9-5-2;1-3-5-6-4-2/h8-12H,2-7,13-19H2,1H3;6-8H,2-5,9-11H2,1H3;5,7H,1,3,6,8-10H2,2,4H3;4-5,8H,1-2,6-7H2,3H3;5-6,8H,2-4,7H2,1H3;4H,2-3,5H2,1H3. The van der Waals surface area contributed by atoms with Gasteiger partial charge in [-0.05, 0) is 44.9 Å². The van der Waals surface area contributed by atoms with Crippen molar-refractivity contribution in [2.45, 2.75) is 99.5 Å². The molecule has 0 saturated carbocycles. The van der Waals surface area contributed by atoms with E-state index in [4.69, 9.17) is 71.1 Å². The second kappa shape index (κ2) is 64.8. The maximum atomic E-state index is 6.07. The lowest BCUT2D eigenvalue weighted by molar-refractivity contribution is -0.0980. The summed E-state index contributed by atoms with van der Waals surface area (Å²) in [6, 6.07) is 0. The molecular formula is C65H112O15. The van der Waals surface area contributed by atoms with Gasteiger partial charge in [-0.1, -0.05) is 147 Å². The quantitative estimate of drug-likeness (QED) is 0.0324. The molecule has 0 fully saturated rings. The SMILES string of the molecule is C=CCCC(C)(CC)COC=C.C=COCC(C)COC=C.C=COCC(CC)(COC=C)COC=C.C=COCC(CC)(COC=C)COCC(COC=C)(COC=C)COC=C.C=COCC(CC)OC=C.C=COCCC. The highest BCUT2D eigenvalue weighted by molar-refractivity contribution is 4.85. The molecule has 0 aliphatic heterocycles. The molecule has 15 nitrogen and oxygen atoms in total. The third-order valence-corrected chi connectivity index (χ3v) is 11.3. The second-order valence-corrected chi connectivity index (χ2v) is 18.0. The van der Waals surface area contributed by atoms with Crippen LogP contribution in [0, 0.1) is 27.6 Å². The molecule has 0 aliphatic carbocycles. The minimum atomic E-state index is -0.561. The second-order valence-electron chi connectivity index (χ2n) is 18.0. The first kappa shape index (κ1) is 84.6. The van der Waals surface area contributed by atoms with Crippen LogP contribution in [0.25, 0.3) is 0 Å². The number of ether oxygens (including phenoxy) is 15. The van der Waals surface area contributed by atoms with E-state index in [0.29, 0.717) is 91.8 Å². The van der Waals surface area contributed by atoms with Gasteiger partial charge >= 0.3 is 0 Å². The molecule has 0 aromatic rings. The van der Waals surface area contributed by atoms with Gasteiger partial charge in [0.05, 0.1) is 177 Å². The zero-order valence-electron chi connectivity index (χ0n) is 51.1. The van der Waals surface area contributed by atoms with Crippen LogP contribution in [-0.4, -0.2) is 105 Å². The van der Waals surface area contributed by atoms with Crippen molar-refractivity contribution in [1.29, 1.82) is 0 Å². The summed E-state index contributed by atoms with van der Waals surface area (Å²) in [7, 11) is 0. The van der Waals surface area contributed by atoms with Crippen LogP contribution in [0.4, 0.5) is 0 Å². The normalized spacial score (nSPS) is 11.0. The maximum Gasteiger partial charge on any atom is 0.131 e. The molecule has 0 aliphatic rings. The van der Waals surface area contributed by atoms with E-state index >= 15 is 0 Å². The van der Waals surface area contributed by atoms with Crippen LogP contribution < -0.4 is 0 Å².